The summed E-state index contributed by atoms with van der Waals surface area (Å²) >= 11 is 0. The van der Waals surface area contributed by atoms with Gasteiger partial charge in [0.2, 0.25) is 0 Å². The Hall–Kier alpha value is -2.80. The van der Waals surface area contributed by atoms with Crippen LogP contribution in [-0.2, 0) is 4.79 Å². The first-order valence-electron chi connectivity index (χ1n) is 6.57. The Bertz CT molecular complexity index is 748. The maximum Gasteiger partial charge on any atom is 0.266 e. The second kappa shape index (κ2) is 6.10. The molecule has 0 saturated carbocycles. The molecule has 0 saturated heterocycles. The lowest BCUT2D eigenvalue weighted by Gasteiger charge is -2.09. The van der Waals surface area contributed by atoms with Crippen LogP contribution in [-0.4, -0.2) is 5.91 Å². The van der Waals surface area contributed by atoms with Crippen LogP contribution in [0.4, 0.5) is 5.69 Å². The van der Waals surface area contributed by atoms with Gasteiger partial charge in [0.05, 0.1) is 0 Å². The topological polar surface area (TPSA) is 66.0 Å². The van der Waals surface area contributed by atoms with Crippen molar-refractivity contribution >= 4 is 17.7 Å². The molecule has 2 aromatic rings. The molecule has 0 aliphatic rings. The van der Waals surface area contributed by atoms with Gasteiger partial charge in [-0.25, -0.2) is 0 Å². The maximum atomic E-state index is 12.2. The lowest BCUT2D eigenvalue weighted by atomic mass is 10.1. The van der Waals surface area contributed by atoms with Crippen molar-refractivity contribution in [1.29, 1.82) is 5.26 Å². The number of hydrogen-bond donors (Lipinski definition) is 1. The van der Waals surface area contributed by atoms with Crippen molar-refractivity contribution < 1.29 is 9.21 Å². The van der Waals surface area contributed by atoms with Crippen LogP contribution in [0.5, 0.6) is 0 Å². The van der Waals surface area contributed by atoms with Gasteiger partial charge in [0.25, 0.3) is 5.91 Å². The molecule has 4 nitrogen and oxygen atoms in total. The largest absolute Gasteiger partial charge is 0.462 e. The summed E-state index contributed by atoms with van der Waals surface area (Å²) in [5.41, 5.74) is 2.77. The Morgan fingerprint density at radius 2 is 2.00 bits per heavy atom. The lowest BCUT2D eigenvalue weighted by molar-refractivity contribution is -0.112. The van der Waals surface area contributed by atoms with E-state index in [1.54, 1.807) is 19.1 Å². The highest BCUT2D eigenvalue weighted by atomic mass is 16.3. The smallest absolute Gasteiger partial charge is 0.266 e. The van der Waals surface area contributed by atoms with E-state index in [0.29, 0.717) is 11.4 Å². The van der Waals surface area contributed by atoms with Crippen LogP contribution in [0.2, 0.25) is 0 Å². The molecule has 0 fully saturated rings. The van der Waals surface area contributed by atoms with E-state index in [1.165, 1.54) is 6.08 Å². The zero-order valence-corrected chi connectivity index (χ0v) is 12.2. The molecule has 0 unspecified atom stereocenters. The standard InChI is InChI=1S/C17H16N2O2/c1-11-5-4-6-16(13(11)3)19-17(20)14(10-18)9-15-8-7-12(2)21-15/h4-9H,1-3H3,(H,19,20)/b14-9-. The van der Waals surface area contributed by atoms with Gasteiger partial charge in [-0.1, -0.05) is 12.1 Å². The molecule has 2 rings (SSSR count). The van der Waals surface area contributed by atoms with E-state index in [1.807, 2.05) is 38.1 Å². The molecule has 1 aromatic heterocycles. The maximum absolute atomic E-state index is 12.2. The summed E-state index contributed by atoms with van der Waals surface area (Å²) in [7, 11) is 0. The van der Waals surface area contributed by atoms with E-state index in [-0.39, 0.29) is 5.57 Å². The number of carbonyl (C=O) groups excluding carboxylic acids is 1. The molecular formula is C17H16N2O2. The van der Waals surface area contributed by atoms with Gasteiger partial charge >= 0.3 is 0 Å². The number of carbonyl (C=O) groups is 1. The van der Waals surface area contributed by atoms with E-state index < -0.39 is 5.91 Å². The molecule has 106 valence electrons. The fourth-order valence-corrected chi connectivity index (χ4v) is 1.90. The average Bonchev–Trinajstić information content (AvgIpc) is 2.86. The number of amides is 1. The van der Waals surface area contributed by atoms with E-state index in [4.69, 9.17) is 9.68 Å². The van der Waals surface area contributed by atoms with Crippen LogP contribution in [0, 0.1) is 32.1 Å². The molecule has 1 amide bonds. The number of benzene rings is 1. The van der Waals surface area contributed by atoms with E-state index in [0.717, 1.165) is 16.9 Å². The highest BCUT2D eigenvalue weighted by molar-refractivity contribution is 6.09. The number of aryl methyl sites for hydroxylation is 2. The van der Waals surface area contributed by atoms with Crippen molar-refractivity contribution in [3.8, 4) is 6.07 Å². The third kappa shape index (κ3) is 3.40. The summed E-state index contributed by atoms with van der Waals surface area (Å²) in [6.07, 6.45) is 1.44. The van der Waals surface area contributed by atoms with Crippen LogP contribution >= 0.6 is 0 Å². The van der Waals surface area contributed by atoms with Crippen LogP contribution in [0.15, 0.2) is 40.3 Å². The zero-order chi connectivity index (χ0) is 15.4. The van der Waals surface area contributed by atoms with Gasteiger partial charge in [0.1, 0.15) is 23.2 Å². The van der Waals surface area contributed by atoms with Crippen molar-refractivity contribution in [2.45, 2.75) is 20.8 Å². The van der Waals surface area contributed by atoms with Gasteiger partial charge in [-0.15, -0.1) is 0 Å². The van der Waals surface area contributed by atoms with E-state index in [9.17, 15) is 4.79 Å². The molecule has 0 spiro atoms. The predicted molar refractivity (Wildman–Crippen MR) is 81.6 cm³/mol. The summed E-state index contributed by atoms with van der Waals surface area (Å²) in [5, 5.41) is 11.9. The highest BCUT2D eigenvalue weighted by Gasteiger charge is 2.12. The fraction of sp³-hybridized carbons (Fsp3) is 0.176. The number of anilines is 1. The normalized spacial score (nSPS) is 11.0. The Kier molecular flexibility index (Phi) is 4.24. The summed E-state index contributed by atoms with van der Waals surface area (Å²) in [6, 6.07) is 11.1. The summed E-state index contributed by atoms with van der Waals surface area (Å²) in [5.74, 6) is 0.772. The van der Waals surface area contributed by atoms with Crippen LogP contribution < -0.4 is 5.32 Å². The third-order valence-electron chi connectivity index (χ3n) is 3.27. The molecule has 1 aromatic carbocycles. The molecule has 0 bridgehead atoms. The third-order valence-corrected chi connectivity index (χ3v) is 3.27. The van der Waals surface area contributed by atoms with Crippen molar-refractivity contribution in [1.82, 2.24) is 0 Å². The van der Waals surface area contributed by atoms with Crippen LogP contribution in [0.25, 0.3) is 6.08 Å². The SMILES string of the molecule is Cc1ccc(/C=C(/C#N)C(=O)Nc2cccc(C)c2C)o1. The van der Waals surface area contributed by atoms with E-state index in [2.05, 4.69) is 5.32 Å². The fourth-order valence-electron chi connectivity index (χ4n) is 1.90. The Labute approximate surface area is 123 Å². The quantitative estimate of drug-likeness (QED) is 0.687. The molecule has 21 heavy (non-hydrogen) atoms. The Morgan fingerprint density at radius 1 is 1.24 bits per heavy atom. The molecule has 4 heteroatoms. The van der Waals surface area contributed by atoms with Crippen LogP contribution in [0.3, 0.4) is 0 Å². The number of nitrogens with one attached hydrogen (secondary N) is 1. The van der Waals surface area contributed by atoms with Crippen molar-refractivity contribution in [2.24, 2.45) is 0 Å². The first-order chi connectivity index (χ1) is 10.0. The number of furan rings is 1. The first kappa shape index (κ1) is 14.6. The molecule has 0 atom stereocenters. The number of rotatable bonds is 3. The Balaban J connectivity index is 2.24. The van der Waals surface area contributed by atoms with E-state index >= 15 is 0 Å². The van der Waals surface area contributed by atoms with Gasteiger partial charge in [-0.2, -0.15) is 5.26 Å². The number of hydrogen-bond acceptors (Lipinski definition) is 3. The minimum Gasteiger partial charge on any atom is -0.462 e. The number of nitriles is 1. The van der Waals surface area contributed by atoms with Gasteiger partial charge in [0.15, 0.2) is 0 Å². The zero-order valence-electron chi connectivity index (χ0n) is 12.2. The minimum absolute atomic E-state index is 0.00487. The molecule has 0 aliphatic heterocycles. The monoisotopic (exact) mass is 280 g/mol. The van der Waals surface area contributed by atoms with Crippen molar-refractivity contribution in [3.63, 3.8) is 0 Å². The molecular weight excluding hydrogens is 264 g/mol. The number of nitrogens with zero attached hydrogens (tertiary/aromatic N) is 1. The predicted octanol–water partition coefficient (Wildman–Crippen LogP) is 3.75. The second-order valence-corrected chi connectivity index (χ2v) is 4.82. The summed E-state index contributed by atoms with van der Waals surface area (Å²) in [4.78, 5) is 12.2. The average molecular weight is 280 g/mol. The van der Waals surface area contributed by atoms with Gasteiger partial charge in [-0.3, -0.25) is 4.79 Å². The molecule has 0 radical (unpaired) electrons. The Morgan fingerprint density at radius 3 is 2.62 bits per heavy atom. The second-order valence-electron chi connectivity index (χ2n) is 4.82. The molecule has 1 N–H and O–H groups in total. The molecule has 1 heterocycles. The van der Waals surface area contributed by atoms with Gasteiger partial charge in [-0.05, 0) is 50.1 Å². The van der Waals surface area contributed by atoms with Gasteiger partial charge in [0, 0.05) is 11.8 Å². The first-order valence-corrected chi connectivity index (χ1v) is 6.57. The highest BCUT2D eigenvalue weighted by Crippen LogP contribution is 2.19. The van der Waals surface area contributed by atoms with Gasteiger partial charge < -0.3 is 9.73 Å². The summed E-state index contributed by atoms with van der Waals surface area (Å²) < 4.78 is 5.35. The van der Waals surface area contributed by atoms with Crippen molar-refractivity contribution in [2.75, 3.05) is 5.32 Å². The molecule has 0 aliphatic carbocycles. The summed E-state index contributed by atoms with van der Waals surface area (Å²) in [6.45, 7) is 5.70. The van der Waals surface area contributed by atoms with Crippen molar-refractivity contribution in [3.05, 3.63) is 58.6 Å². The minimum atomic E-state index is -0.444. The van der Waals surface area contributed by atoms with Crippen LogP contribution in [0.1, 0.15) is 22.6 Å². The lowest BCUT2D eigenvalue weighted by Crippen LogP contribution is -2.14.